The minimum Gasteiger partial charge on any atom is -0.393 e. The summed E-state index contributed by atoms with van der Waals surface area (Å²) in [5, 5.41) is 15.3. The Morgan fingerprint density at radius 1 is 1.16 bits per heavy atom. The normalized spacial score (nSPS) is 22.2. The zero-order valence-electron chi connectivity index (χ0n) is 11.8. The number of carbonyl (C=O) groups excluding carboxylic acids is 2. The molecule has 0 heterocycles. The molecule has 19 heavy (non-hydrogen) atoms. The van der Waals surface area contributed by atoms with Gasteiger partial charge in [0, 0.05) is 32.4 Å². The molecule has 0 radical (unpaired) electrons. The third-order valence-corrected chi connectivity index (χ3v) is 3.63. The van der Waals surface area contributed by atoms with Crippen LogP contribution in [0.1, 0.15) is 51.9 Å². The highest BCUT2D eigenvalue weighted by Gasteiger charge is 2.25. The lowest BCUT2D eigenvalue weighted by Gasteiger charge is -2.14. The van der Waals surface area contributed by atoms with Crippen LogP contribution in [0.2, 0.25) is 0 Å². The monoisotopic (exact) mass is 270 g/mol. The number of amides is 2. The van der Waals surface area contributed by atoms with E-state index in [-0.39, 0.29) is 23.8 Å². The molecule has 3 N–H and O–H groups in total. The molecule has 1 aliphatic rings. The van der Waals surface area contributed by atoms with Crippen LogP contribution in [0.3, 0.4) is 0 Å². The smallest absolute Gasteiger partial charge is 0.220 e. The third-order valence-electron chi connectivity index (χ3n) is 3.63. The van der Waals surface area contributed by atoms with Crippen molar-refractivity contribution < 1.29 is 14.7 Å². The van der Waals surface area contributed by atoms with Gasteiger partial charge >= 0.3 is 0 Å². The molecule has 0 spiro atoms. The fourth-order valence-electron chi connectivity index (χ4n) is 2.44. The molecule has 1 rings (SSSR count). The minimum atomic E-state index is -0.238. The van der Waals surface area contributed by atoms with E-state index < -0.39 is 0 Å². The zero-order valence-corrected chi connectivity index (χ0v) is 11.8. The van der Waals surface area contributed by atoms with E-state index in [4.69, 9.17) is 0 Å². The van der Waals surface area contributed by atoms with Gasteiger partial charge in [0.2, 0.25) is 11.8 Å². The zero-order chi connectivity index (χ0) is 14.1. The van der Waals surface area contributed by atoms with Crippen LogP contribution in [0.15, 0.2) is 0 Å². The van der Waals surface area contributed by atoms with E-state index in [1.165, 1.54) is 6.92 Å². The van der Waals surface area contributed by atoms with Crippen molar-refractivity contribution >= 4 is 11.8 Å². The summed E-state index contributed by atoms with van der Waals surface area (Å²) in [5.74, 6) is 0.301. The maximum absolute atomic E-state index is 11.6. The first-order valence-corrected chi connectivity index (χ1v) is 7.29. The van der Waals surface area contributed by atoms with Crippen LogP contribution in [-0.2, 0) is 9.59 Å². The summed E-state index contributed by atoms with van der Waals surface area (Å²) in [6, 6.07) is 0. The fourth-order valence-corrected chi connectivity index (χ4v) is 2.44. The van der Waals surface area contributed by atoms with Crippen molar-refractivity contribution in [1.82, 2.24) is 10.6 Å². The van der Waals surface area contributed by atoms with Gasteiger partial charge in [-0.3, -0.25) is 9.59 Å². The van der Waals surface area contributed by atoms with E-state index in [9.17, 15) is 14.7 Å². The first-order valence-electron chi connectivity index (χ1n) is 7.29. The van der Waals surface area contributed by atoms with Gasteiger partial charge in [0.15, 0.2) is 0 Å². The topological polar surface area (TPSA) is 78.4 Å². The second-order valence-corrected chi connectivity index (χ2v) is 5.36. The Labute approximate surface area is 115 Å². The van der Waals surface area contributed by atoms with Gasteiger partial charge in [-0.1, -0.05) is 12.8 Å². The standard InChI is InChI=1S/C14H26N2O3/c1-11(17)15-9-4-2-3-8-14(19)16-10-12-6-5-7-13(12)18/h12-13,18H,2-10H2,1H3,(H,15,17)(H,16,19). The van der Waals surface area contributed by atoms with Crippen LogP contribution in [0.4, 0.5) is 0 Å². The van der Waals surface area contributed by atoms with E-state index in [0.29, 0.717) is 19.5 Å². The average molecular weight is 270 g/mol. The minimum absolute atomic E-state index is 0.00661. The lowest BCUT2D eigenvalue weighted by Crippen LogP contribution is -2.32. The van der Waals surface area contributed by atoms with Crippen LogP contribution < -0.4 is 10.6 Å². The van der Waals surface area contributed by atoms with E-state index in [0.717, 1.165) is 38.5 Å². The lowest BCUT2D eigenvalue weighted by atomic mass is 10.1. The van der Waals surface area contributed by atoms with Crippen molar-refractivity contribution in [3.05, 3.63) is 0 Å². The molecule has 0 aliphatic heterocycles. The van der Waals surface area contributed by atoms with Gasteiger partial charge in [-0.05, 0) is 25.7 Å². The van der Waals surface area contributed by atoms with E-state index in [1.807, 2.05) is 0 Å². The van der Waals surface area contributed by atoms with Crippen molar-refractivity contribution in [3.8, 4) is 0 Å². The largest absolute Gasteiger partial charge is 0.393 e. The van der Waals surface area contributed by atoms with Crippen LogP contribution >= 0.6 is 0 Å². The summed E-state index contributed by atoms with van der Waals surface area (Å²) in [4.78, 5) is 22.2. The highest BCUT2D eigenvalue weighted by molar-refractivity contribution is 5.75. The number of nitrogens with one attached hydrogen (secondary N) is 2. The quantitative estimate of drug-likeness (QED) is 0.575. The van der Waals surface area contributed by atoms with Gasteiger partial charge in [-0.25, -0.2) is 0 Å². The van der Waals surface area contributed by atoms with Gasteiger partial charge in [0.05, 0.1) is 6.10 Å². The van der Waals surface area contributed by atoms with Crippen molar-refractivity contribution in [2.45, 2.75) is 58.0 Å². The van der Waals surface area contributed by atoms with Crippen LogP contribution in [-0.4, -0.2) is 36.1 Å². The number of unbranched alkanes of at least 4 members (excludes halogenated alkanes) is 2. The number of aliphatic hydroxyl groups is 1. The average Bonchev–Trinajstić information content (AvgIpc) is 2.76. The first kappa shape index (κ1) is 16.0. The molecule has 0 saturated heterocycles. The molecule has 0 aromatic carbocycles. The molecular weight excluding hydrogens is 244 g/mol. The molecule has 1 saturated carbocycles. The lowest BCUT2D eigenvalue weighted by molar-refractivity contribution is -0.121. The Morgan fingerprint density at radius 3 is 2.58 bits per heavy atom. The Kier molecular flexibility index (Phi) is 7.48. The highest BCUT2D eigenvalue weighted by atomic mass is 16.3. The molecule has 5 heteroatoms. The molecule has 5 nitrogen and oxygen atoms in total. The Hall–Kier alpha value is -1.10. The second-order valence-electron chi connectivity index (χ2n) is 5.36. The Bertz CT molecular complexity index is 294. The van der Waals surface area contributed by atoms with Gasteiger partial charge in [0.1, 0.15) is 0 Å². The second kappa shape index (κ2) is 8.91. The number of rotatable bonds is 8. The summed E-state index contributed by atoms with van der Waals surface area (Å²) in [6.45, 7) is 2.79. The summed E-state index contributed by atoms with van der Waals surface area (Å²) in [6.07, 6.45) is 5.93. The predicted molar refractivity (Wildman–Crippen MR) is 73.5 cm³/mol. The molecule has 1 fully saturated rings. The van der Waals surface area contributed by atoms with E-state index in [1.54, 1.807) is 0 Å². The first-order chi connectivity index (χ1) is 9.09. The molecule has 0 aromatic rings. The summed E-state index contributed by atoms with van der Waals surface area (Å²) < 4.78 is 0. The number of carbonyl (C=O) groups is 2. The summed E-state index contributed by atoms with van der Waals surface area (Å²) in [5.41, 5.74) is 0. The summed E-state index contributed by atoms with van der Waals surface area (Å²) in [7, 11) is 0. The molecule has 2 amide bonds. The molecule has 2 unspecified atom stereocenters. The highest BCUT2D eigenvalue weighted by Crippen LogP contribution is 2.24. The fraction of sp³-hybridized carbons (Fsp3) is 0.857. The number of aliphatic hydroxyl groups excluding tert-OH is 1. The molecule has 110 valence electrons. The predicted octanol–water partition coefficient (Wildman–Crippen LogP) is 0.960. The molecule has 0 aromatic heterocycles. The van der Waals surface area contributed by atoms with Crippen molar-refractivity contribution in [1.29, 1.82) is 0 Å². The third kappa shape index (κ3) is 7.15. The number of hydrogen-bond acceptors (Lipinski definition) is 3. The molecule has 2 atom stereocenters. The van der Waals surface area contributed by atoms with Crippen LogP contribution in [0, 0.1) is 5.92 Å². The maximum Gasteiger partial charge on any atom is 0.220 e. The SMILES string of the molecule is CC(=O)NCCCCCC(=O)NCC1CCCC1O. The maximum atomic E-state index is 11.6. The molecule has 1 aliphatic carbocycles. The van der Waals surface area contributed by atoms with E-state index in [2.05, 4.69) is 10.6 Å². The van der Waals surface area contributed by atoms with Gasteiger partial charge < -0.3 is 15.7 Å². The van der Waals surface area contributed by atoms with Crippen molar-refractivity contribution in [2.75, 3.05) is 13.1 Å². The molecule has 0 bridgehead atoms. The van der Waals surface area contributed by atoms with Gasteiger partial charge in [-0.15, -0.1) is 0 Å². The van der Waals surface area contributed by atoms with Crippen LogP contribution in [0.25, 0.3) is 0 Å². The van der Waals surface area contributed by atoms with Gasteiger partial charge in [-0.2, -0.15) is 0 Å². The van der Waals surface area contributed by atoms with Crippen molar-refractivity contribution in [2.24, 2.45) is 5.92 Å². The van der Waals surface area contributed by atoms with Crippen molar-refractivity contribution in [3.63, 3.8) is 0 Å². The Balaban J connectivity index is 1.94. The van der Waals surface area contributed by atoms with Gasteiger partial charge in [0.25, 0.3) is 0 Å². The Morgan fingerprint density at radius 2 is 1.95 bits per heavy atom. The van der Waals surface area contributed by atoms with Crippen LogP contribution in [0.5, 0.6) is 0 Å². The molecular formula is C14H26N2O3. The summed E-state index contributed by atoms with van der Waals surface area (Å²) >= 11 is 0. The number of hydrogen-bond donors (Lipinski definition) is 3. The van der Waals surface area contributed by atoms with E-state index >= 15 is 0 Å².